The van der Waals surface area contributed by atoms with E-state index >= 15 is 0 Å². The molecule has 1 aliphatic rings. The van der Waals surface area contributed by atoms with Gasteiger partial charge in [-0.1, -0.05) is 26.0 Å². The minimum atomic E-state index is 0.220. The van der Waals surface area contributed by atoms with E-state index in [1.165, 1.54) is 0 Å². The van der Waals surface area contributed by atoms with Crippen molar-refractivity contribution in [3.8, 4) is 17.1 Å². The summed E-state index contributed by atoms with van der Waals surface area (Å²) < 4.78 is 8.21. The Morgan fingerprint density at radius 2 is 2.10 bits per heavy atom. The highest BCUT2D eigenvalue weighted by Gasteiger charge is 2.27. The molecule has 0 spiro atoms. The molecule has 3 rings (SSSR count). The largest absolute Gasteiger partial charge is 0.493 e. The second kappa shape index (κ2) is 5.72. The number of hydrogen-bond donors (Lipinski definition) is 0. The lowest BCUT2D eigenvalue weighted by molar-refractivity contribution is 0.341. The van der Waals surface area contributed by atoms with Crippen LogP contribution in [0.5, 0.6) is 5.75 Å². The molecule has 1 aromatic carbocycles. The first-order valence-corrected chi connectivity index (χ1v) is 8.37. The summed E-state index contributed by atoms with van der Waals surface area (Å²) in [5.74, 6) is 3.96. The van der Waals surface area contributed by atoms with Gasteiger partial charge < -0.3 is 9.30 Å². The van der Waals surface area contributed by atoms with Crippen LogP contribution in [0.4, 0.5) is 0 Å². The predicted molar refractivity (Wildman–Crippen MR) is 86.9 cm³/mol. The Hall–Kier alpha value is -1.49. The molecule has 0 bridgehead atoms. The van der Waals surface area contributed by atoms with Crippen LogP contribution in [-0.4, -0.2) is 31.9 Å². The highest BCUT2D eigenvalue weighted by Crippen LogP contribution is 2.35. The lowest BCUT2D eigenvalue weighted by Gasteiger charge is -2.19. The van der Waals surface area contributed by atoms with Crippen molar-refractivity contribution in [2.24, 2.45) is 0 Å². The van der Waals surface area contributed by atoms with E-state index in [0.29, 0.717) is 6.61 Å². The van der Waals surface area contributed by atoms with Crippen LogP contribution in [-0.2, 0) is 13.0 Å². The summed E-state index contributed by atoms with van der Waals surface area (Å²) in [6.45, 7) is 8.15. The molecule has 0 aliphatic carbocycles. The van der Waals surface area contributed by atoms with Gasteiger partial charge in [0.2, 0.25) is 0 Å². The third-order valence-electron chi connectivity index (χ3n) is 3.65. The fourth-order valence-electron chi connectivity index (χ4n) is 2.68. The molecular formula is C16H21N3OS. The quantitative estimate of drug-likeness (QED) is 0.871. The lowest BCUT2D eigenvalue weighted by Crippen LogP contribution is -2.18. The molecule has 1 aliphatic heterocycles. The van der Waals surface area contributed by atoms with Gasteiger partial charge in [0.05, 0.1) is 12.2 Å². The highest BCUT2D eigenvalue weighted by atomic mass is 32.2. The molecule has 5 heteroatoms. The average molecular weight is 303 g/mol. The van der Waals surface area contributed by atoms with E-state index in [0.717, 1.165) is 41.7 Å². The van der Waals surface area contributed by atoms with E-state index in [1.54, 1.807) is 0 Å². The fraction of sp³-hybridized carbons (Fsp3) is 0.500. The molecule has 0 saturated carbocycles. The molecule has 0 unspecified atom stereocenters. The molecule has 0 fully saturated rings. The van der Waals surface area contributed by atoms with Crippen molar-refractivity contribution in [1.29, 1.82) is 0 Å². The van der Waals surface area contributed by atoms with E-state index in [9.17, 15) is 0 Å². The van der Waals surface area contributed by atoms with Crippen molar-refractivity contribution in [3.05, 3.63) is 30.1 Å². The number of aromatic nitrogens is 3. The van der Waals surface area contributed by atoms with Gasteiger partial charge in [0.25, 0.3) is 0 Å². The van der Waals surface area contributed by atoms with Gasteiger partial charge in [-0.15, -0.1) is 10.2 Å². The van der Waals surface area contributed by atoms with Crippen molar-refractivity contribution < 1.29 is 4.74 Å². The van der Waals surface area contributed by atoms with Crippen molar-refractivity contribution in [2.75, 3.05) is 12.4 Å². The van der Waals surface area contributed by atoms with Crippen molar-refractivity contribution in [2.45, 2.75) is 38.5 Å². The Morgan fingerprint density at radius 1 is 1.29 bits per heavy atom. The normalized spacial score (nSPS) is 17.1. The first-order valence-electron chi connectivity index (χ1n) is 7.39. The van der Waals surface area contributed by atoms with Gasteiger partial charge in [-0.3, -0.25) is 0 Å². The number of ether oxygens (including phenoxy) is 1. The molecule has 4 nitrogen and oxygen atoms in total. The number of fused-ring (bicyclic) bond motifs is 1. The second-order valence-electron chi connectivity index (χ2n) is 5.81. The van der Waals surface area contributed by atoms with Gasteiger partial charge in [0, 0.05) is 23.5 Å². The Morgan fingerprint density at radius 3 is 2.90 bits per heavy atom. The van der Waals surface area contributed by atoms with E-state index in [1.807, 2.05) is 36.9 Å². The standard InChI is InChI=1S/C16H21N3OS/c1-4-20-13-8-6-5-7-12(13)15-18-17-14-11-16(2,3)21-10-9-19(14)15/h5-8H,4,9-11H2,1-3H3. The maximum Gasteiger partial charge on any atom is 0.167 e. The van der Waals surface area contributed by atoms with E-state index in [-0.39, 0.29) is 4.75 Å². The van der Waals surface area contributed by atoms with E-state index in [4.69, 9.17) is 4.74 Å². The summed E-state index contributed by atoms with van der Waals surface area (Å²) in [5.41, 5.74) is 1.03. The van der Waals surface area contributed by atoms with Crippen LogP contribution in [0.2, 0.25) is 0 Å². The molecule has 21 heavy (non-hydrogen) atoms. The van der Waals surface area contributed by atoms with Crippen LogP contribution < -0.4 is 4.74 Å². The zero-order valence-corrected chi connectivity index (χ0v) is 13.6. The number of thioether (sulfide) groups is 1. The minimum Gasteiger partial charge on any atom is -0.493 e. The molecule has 2 aromatic rings. The lowest BCUT2D eigenvalue weighted by atomic mass is 10.1. The molecule has 0 amide bonds. The summed E-state index contributed by atoms with van der Waals surface area (Å²) in [4.78, 5) is 0. The first kappa shape index (κ1) is 14.4. The number of hydrogen-bond acceptors (Lipinski definition) is 4. The summed E-state index contributed by atoms with van der Waals surface area (Å²) in [6, 6.07) is 8.07. The summed E-state index contributed by atoms with van der Waals surface area (Å²) in [5, 5.41) is 8.88. The number of para-hydroxylation sites is 1. The Balaban J connectivity index is 2.04. The maximum atomic E-state index is 5.74. The highest BCUT2D eigenvalue weighted by molar-refractivity contribution is 8.00. The molecule has 1 aromatic heterocycles. The summed E-state index contributed by atoms with van der Waals surface area (Å²) in [6.07, 6.45) is 0.946. The van der Waals surface area contributed by atoms with E-state index in [2.05, 4.69) is 34.7 Å². The zero-order chi connectivity index (χ0) is 14.9. The summed E-state index contributed by atoms with van der Waals surface area (Å²) >= 11 is 2.00. The minimum absolute atomic E-state index is 0.220. The number of rotatable bonds is 3. The molecule has 0 radical (unpaired) electrons. The van der Waals surface area contributed by atoms with Gasteiger partial charge >= 0.3 is 0 Å². The fourth-order valence-corrected chi connectivity index (χ4v) is 3.74. The van der Waals surface area contributed by atoms with Gasteiger partial charge in [-0.2, -0.15) is 11.8 Å². The first-order chi connectivity index (χ1) is 10.1. The third kappa shape index (κ3) is 2.93. The van der Waals surface area contributed by atoms with Gasteiger partial charge in [-0.05, 0) is 19.1 Å². The maximum absolute atomic E-state index is 5.74. The van der Waals surface area contributed by atoms with Crippen molar-refractivity contribution >= 4 is 11.8 Å². The monoisotopic (exact) mass is 303 g/mol. The average Bonchev–Trinajstić information content (AvgIpc) is 2.75. The molecule has 0 atom stereocenters. The van der Waals surface area contributed by atoms with Gasteiger partial charge in [0.1, 0.15) is 11.6 Å². The Bertz CT molecular complexity index is 636. The SMILES string of the molecule is CCOc1ccccc1-c1nnc2n1CCSC(C)(C)C2. The van der Waals surface area contributed by atoms with Crippen LogP contribution in [0.25, 0.3) is 11.4 Å². The number of nitrogens with zero attached hydrogens (tertiary/aromatic N) is 3. The topological polar surface area (TPSA) is 39.9 Å². The van der Waals surface area contributed by atoms with E-state index < -0.39 is 0 Å². The summed E-state index contributed by atoms with van der Waals surface area (Å²) in [7, 11) is 0. The molecule has 112 valence electrons. The zero-order valence-electron chi connectivity index (χ0n) is 12.8. The van der Waals surface area contributed by atoms with Crippen LogP contribution in [0.3, 0.4) is 0 Å². The predicted octanol–water partition coefficient (Wildman–Crippen LogP) is 3.41. The van der Waals surface area contributed by atoms with Crippen molar-refractivity contribution in [1.82, 2.24) is 14.8 Å². The smallest absolute Gasteiger partial charge is 0.167 e. The van der Waals surface area contributed by atoms with Gasteiger partial charge in [-0.25, -0.2) is 0 Å². The molecule has 2 heterocycles. The number of benzene rings is 1. The van der Waals surface area contributed by atoms with Crippen LogP contribution >= 0.6 is 11.8 Å². The second-order valence-corrected chi connectivity index (χ2v) is 7.61. The third-order valence-corrected chi connectivity index (χ3v) is 4.96. The van der Waals surface area contributed by atoms with Crippen molar-refractivity contribution in [3.63, 3.8) is 0 Å². The molecule has 0 N–H and O–H groups in total. The van der Waals surface area contributed by atoms with Crippen LogP contribution in [0, 0.1) is 0 Å². The van der Waals surface area contributed by atoms with Crippen LogP contribution in [0.15, 0.2) is 24.3 Å². The van der Waals surface area contributed by atoms with Gasteiger partial charge in [0.15, 0.2) is 5.82 Å². The molecular weight excluding hydrogens is 282 g/mol. The Labute approximate surface area is 129 Å². The Kier molecular flexibility index (Phi) is 3.93. The molecule has 0 saturated heterocycles. The van der Waals surface area contributed by atoms with Crippen LogP contribution in [0.1, 0.15) is 26.6 Å².